The minimum atomic E-state index is -5.24. The molecule has 2 aliphatic carbocycles. The van der Waals surface area contributed by atoms with Crippen LogP contribution in [0.3, 0.4) is 0 Å². The molecule has 222 valence electrons. The number of hydrogen-bond acceptors (Lipinski definition) is 1. The predicted octanol–water partition coefficient (Wildman–Crippen LogP) is 11.4. The average molecular weight is 569 g/mol. The first-order valence-electron chi connectivity index (χ1n) is 15.1. The van der Waals surface area contributed by atoms with Crippen LogP contribution in [0.25, 0.3) is 11.1 Å². The Hall–Kier alpha value is -2.18. The van der Waals surface area contributed by atoms with Crippen LogP contribution in [0.1, 0.15) is 109 Å². The Morgan fingerprint density at radius 2 is 1.43 bits per heavy atom. The fraction of sp³-hybridized carbons (Fsp3) is 0.636. The third-order valence-corrected chi connectivity index (χ3v) is 9.46. The van der Waals surface area contributed by atoms with Crippen LogP contribution in [0.5, 0.6) is 5.75 Å². The quantitative estimate of drug-likeness (QED) is 0.205. The first kappa shape index (κ1) is 30.8. The minimum absolute atomic E-state index is 0.0669. The molecule has 0 radical (unpaired) electrons. The van der Waals surface area contributed by atoms with E-state index in [1.807, 2.05) is 0 Å². The molecule has 2 aromatic carbocycles. The molecule has 0 amide bonds. The SMILES string of the molecule is CCCCCC1CCC(C(C)CC2CCC(c3ccc(-c4cc(F)c(OC(F)(F)F)c(F)c4)c(F)c3)CC2)CC1. The van der Waals surface area contributed by atoms with E-state index < -0.39 is 29.6 Å². The lowest BCUT2D eigenvalue weighted by Gasteiger charge is -2.36. The van der Waals surface area contributed by atoms with Gasteiger partial charge in [-0.25, -0.2) is 13.2 Å². The van der Waals surface area contributed by atoms with Crippen molar-refractivity contribution in [1.29, 1.82) is 0 Å². The summed E-state index contributed by atoms with van der Waals surface area (Å²) in [4.78, 5) is 0. The van der Waals surface area contributed by atoms with Crippen molar-refractivity contribution in [3.05, 3.63) is 53.3 Å². The summed E-state index contributed by atoms with van der Waals surface area (Å²) >= 11 is 0. The summed E-state index contributed by atoms with van der Waals surface area (Å²) in [6.45, 7) is 4.69. The van der Waals surface area contributed by atoms with Crippen molar-refractivity contribution in [2.75, 3.05) is 0 Å². The maximum Gasteiger partial charge on any atom is 0.573 e. The Morgan fingerprint density at radius 1 is 0.800 bits per heavy atom. The molecule has 0 heterocycles. The number of ether oxygens (including phenoxy) is 1. The van der Waals surface area contributed by atoms with E-state index >= 15 is 4.39 Å². The zero-order valence-corrected chi connectivity index (χ0v) is 23.6. The van der Waals surface area contributed by atoms with Gasteiger partial charge in [0.2, 0.25) is 5.75 Å². The Balaban J connectivity index is 1.29. The average Bonchev–Trinajstić information content (AvgIpc) is 2.91. The first-order valence-corrected chi connectivity index (χ1v) is 15.1. The fourth-order valence-electron chi connectivity index (χ4n) is 7.13. The van der Waals surface area contributed by atoms with Gasteiger partial charge in [0.25, 0.3) is 0 Å². The Bertz CT molecular complexity index is 1070. The second-order valence-corrected chi connectivity index (χ2v) is 12.3. The molecule has 1 unspecified atom stereocenters. The first-order chi connectivity index (χ1) is 19.0. The van der Waals surface area contributed by atoms with Gasteiger partial charge in [-0.15, -0.1) is 13.2 Å². The zero-order valence-electron chi connectivity index (χ0n) is 23.6. The smallest absolute Gasteiger partial charge is 0.399 e. The van der Waals surface area contributed by atoms with Gasteiger partial charge < -0.3 is 4.74 Å². The molecule has 2 saturated carbocycles. The molecule has 4 rings (SSSR count). The van der Waals surface area contributed by atoms with E-state index in [1.54, 1.807) is 6.07 Å². The Labute approximate surface area is 234 Å². The number of alkyl halides is 3. The van der Waals surface area contributed by atoms with E-state index in [-0.39, 0.29) is 17.0 Å². The monoisotopic (exact) mass is 568 g/mol. The molecule has 1 atom stereocenters. The fourth-order valence-corrected chi connectivity index (χ4v) is 7.13. The molecular formula is C33H42F6O. The van der Waals surface area contributed by atoms with Crippen molar-refractivity contribution in [2.45, 2.75) is 110 Å². The van der Waals surface area contributed by atoms with E-state index in [2.05, 4.69) is 18.6 Å². The van der Waals surface area contributed by atoms with Gasteiger partial charge >= 0.3 is 6.36 Å². The Kier molecular flexibility index (Phi) is 10.5. The highest BCUT2D eigenvalue weighted by molar-refractivity contribution is 5.66. The summed E-state index contributed by atoms with van der Waals surface area (Å²) < 4.78 is 84.1. The summed E-state index contributed by atoms with van der Waals surface area (Å²) in [6, 6.07) is 5.94. The van der Waals surface area contributed by atoms with Gasteiger partial charge in [-0.1, -0.05) is 64.5 Å². The maximum atomic E-state index is 15.0. The Morgan fingerprint density at radius 3 is 2.00 bits per heavy atom. The highest BCUT2D eigenvalue weighted by atomic mass is 19.4. The van der Waals surface area contributed by atoms with Gasteiger partial charge in [0, 0.05) is 5.56 Å². The molecule has 0 bridgehead atoms. The van der Waals surface area contributed by atoms with Crippen LogP contribution in [-0.2, 0) is 0 Å². The summed E-state index contributed by atoms with van der Waals surface area (Å²) in [5.74, 6) is -1.85. The lowest BCUT2D eigenvalue weighted by atomic mass is 9.70. The van der Waals surface area contributed by atoms with Crippen molar-refractivity contribution in [2.24, 2.45) is 23.7 Å². The van der Waals surface area contributed by atoms with Crippen LogP contribution in [0.2, 0.25) is 0 Å². The molecule has 7 heteroatoms. The van der Waals surface area contributed by atoms with Gasteiger partial charge in [0.15, 0.2) is 11.6 Å². The van der Waals surface area contributed by atoms with Crippen LogP contribution in [0.15, 0.2) is 30.3 Å². The van der Waals surface area contributed by atoms with E-state index in [0.717, 1.165) is 49.0 Å². The largest absolute Gasteiger partial charge is 0.573 e. The molecule has 1 nitrogen and oxygen atoms in total. The molecule has 0 aliphatic heterocycles. The highest BCUT2D eigenvalue weighted by Crippen LogP contribution is 2.43. The van der Waals surface area contributed by atoms with Crippen molar-refractivity contribution in [3.8, 4) is 16.9 Å². The van der Waals surface area contributed by atoms with Crippen LogP contribution >= 0.6 is 0 Å². The third kappa shape index (κ3) is 8.19. The maximum absolute atomic E-state index is 15.0. The van der Waals surface area contributed by atoms with E-state index in [9.17, 15) is 22.0 Å². The summed E-state index contributed by atoms with van der Waals surface area (Å²) in [7, 11) is 0. The molecular weight excluding hydrogens is 526 g/mol. The zero-order chi connectivity index (χ0) is 28.9. The number of halogens is 6. The van der Waals surface area contributed by atoms with Crippen molar-refractivity contribution in [1.82, 2.24) is 0 Å². The van der Waals surface area contributed by atoms with E-state index in [0.29, 0.717) is 18.1 Å². The van der Waals surface area contributed by atoms with Gasteiger partial charge in [-0.05, 0) is 104 Å². The number of unbranched alkanes of at least 4 members (excludes halogenated alkanes) is 2. The summed E-state index contributed by atoms with van der Waals surface area (Å²) in [5, 5.41) is 0. The molecule has 0 saturated heterocycles. The van der Waals surface area contributed by atoms with Gasteiger partial charge in [-0.2, -0.15) is 0 Å². The van der Waals surface area contributed by atoms with Crippen LogP contribution < -0.4 is 4.74 Å². The number of benzene rings is 2. The van der Waals surface area contributed by atoms with Crippen molar-refractivity contribution in [3.63, 3.8) is 0 Å². The standard InChI is InChI=1S/C33H42F6O/c1-3-4-5-6-22-7-11-24(12-8-22)21(2)17-23-9-13-25(14-10-23)26-15-16-28(29(34)18-26)27-19-30(35)32(31(36)20-27)40-33(37,38)39/h15-16,18-25H,3-14,17H2,1-2H3. The summed E-state index contributed by atoms with van der Waals surface area (Å²) in [5.41, 5.74) is 0.607. The van der Waals surface area contributed by atoms with Crippen LogP contribution in [0.4, 0.5) is 26.3 Å². The second-order valence-electron chi connectivity index (χ2n) is 12.3. The lowest BCUT2D eigenvalue weighted by Crippen LogP contribution is -2.23. The topological polar surface area (TPSA) is 9.23 Å². The summed E-state index contributed by atoms with van der Waals surface area (Å²) in [6.07, 6.45) is 11.1. The van der Waals surface area contributed by atoms with Crippen LogP contribution in [-0.4, -0.2) is 6.36 Å². The molecule has 0 spiro atoms. The number of hydrogen-bond donors (Lipinski definition) is 0. The van der Waals surface area contributed by atoms with Crippen molar-refractivity contribution < 1.29 is 31.1 Å². The van der Waals surface area contributed by atoms with E-state index in [1.165, 1.54) is 69.9 Å². The van der Waals surface area contributed by atoms with E-state index in [4.69, 9.17) is 0 Å². The molecule has 40 heavy (non-hydrogen) atoms. The molecule has 0 N–H and O–H groups in total. The number of rotatable bonds is 10. The van der Waals surface area contributed by atoms with Crippen LogP contribution in [0, 0.1) is 41.1 Å². The third-order valence-electron chi connectivity index (χ3n) is 9.46. The normalized spacial score (nSPS) is 24.6. The molecule has 2 aromatic rings. The van der Waals surface area contributed by atoms with Gasteiger partial charge in [0.05, 0.1) is 0 Å². The highest BCUT2D eigenvalue weighted by Gasteiger charge is 2.34. The second kappa shape index (κ2) is 13.7. The minimum Gasteiger partial charge on any atom is -0.399 e. The lowest BCUT2D eigenvalue weighted by molar-refractivity contribution is -0.276. The molecule has 0 aromatic heterocycles. The predicted molar refractivity (Wildman–Crippen MR) is 147 cm³/mol. The molecule has 2 aliphatic rings. The molecule has 2 fully saturated rings. The van der Waals surface area contributed by atoms with Gasteiger partial charge in [-0.3, -0.25) is 0 Å². The van der Waals surface area contributed by atoms with Gasteiger partial charge in [0.1, 0.15) is 5.82 Å². The van der Waals surface area contributed by atoms with Crippen molar-refractivity contribution >= 4 is 0 Å².